The minimum atomic E-state index is -4.56. The van der Waals surface area contributed by atoms with Gasteiger partial charge in [-0.1, -0.05) is 18.2 Å². The van der Waals surface area contributed by atoms with Crippen molar-refractivity contribution in [2.24, 2.45) is 0 Å². The summed E-state index contributed by atoms with van der Waals surface area (Å²) in [6.45, 7) is 0.981. The van der Waals surface area contributed by atoms with E-state index in [0.29, 0.717) is 24.9 Å². The number of anilines is 1. The summed E-state index contributed by atoms with van der Waals surface area (Å²) < 4.78 is 56.0. The molecule has 0 saturated carbocycles. The molecule has 0 unspecified atom stereocenters. The normalized spacial score (nSPS) is 22.3. The van der Waals surface area contributed by atoms with E-state index in [-0.39, 0.29) is 37.0 Å². The molecule has 0 spiro atoms. The number of phenols is 1. The fourth-order valence-electron chi connectivity index (χ4n) is 4.49. The fraction of sp³-hybridized carbons (Fsp3) is 0.435. The predicted molar refractivity (Wildman–Crippen MR) is 109 cm³/mol. The number of halogens is 4. The second-order valence-electron chi connectivity index (χ2n) is 8.22. The molecule has 0 aliphatic carbocycles. The van der Waals surface area contributed by atoms with Gasteiger partial charge in [0.2, 0.25) is 5.91 Å². The Morgan fingerprint density at radius 3 is 2.42 bits per heavy atom. The van der Waals surface area contributed by atoms with E-state index in [4.69, 9.17) is 0 Å². The summed E-state index contributed by atoms with van der Waals surface area (Å²) in [5, 5.41) is 9.43. The van der Waals surface area contributed by atoms with Crippen LogP contribution in [0, 0.1) is 0 Å². The van der Waals surface area contributed by atoms with Crippen molar-refractivity contribution in [2.45, 2.75) is 44.1 Å². The van der Waals surface area contributed by atoms with Gasteiger partial charge in [0.1, 0.15) is 11.9 Å². The highest BCUT2D eigenvalue weighted by Gasteiger charge is 2.38. The van der Waals surface area contributed by atoms with E-state index in [1.807, 2.05) is 0 Å². The molecule has 1 N–H and O–H groups in total. The third-order valence-electron chi connectivity index (χ3n) is 6.12. The molecule has 0 aromatic heterocycles. The van der Waals surface area contributed by atoms with E-state index in [1.165, 1.54) is 29.2 Å². The third-order valence-corrected chi connectivity index (χ3v) is 6.12. The number of hydrogen-bond acceptors (Lipinski definition) is 3. The third kappa shape index (κ3) is 4.62. The maximum Gasteiger partial charge on any atom is 0.418 e. The van der Waals surface area contributed by atoms with E-state index in [0.717, 1.165) is 18.1 Å². The van der Waals surface area contributed by atoms with Crippen LogP contribution < -0.4 is 4.90 Å². The van der Waals surface area contributed by atoms with Crippen LogP contribution in [0.2, 0.25) is 0 Å². The first-order valence-corrected chi connectivity index (χ1v) is 10.4. The summed E-state index contributed by atoms with van der Waals surface area (Å²) >= 11 is 0. The number of aromatic hydroxyl groups is 1. The summed E-state index contributed by atoms with van der Waals surface area (Å²) in [5.41, 5.74) is 0.499. The summed E-state index contributed by atoms with van der Waals surface area (Å²) in [6, 6.07) is 10.1. The first-order chi connectivity index (χ1) is 14.7. The number of phenolic OH excluding ortho intramolecular Hbond substituents is 1. The molecule has 2 aromatic carbocycles. The molecule has 0 radical (unpaired) electrons. The minimum Gasteiger partial charge on any atom is -0.508 e. The SMILES string of the molecule is O=C1CCCN1Cc1ccc(C(F)(F)F)c(N2CC[C@H](c3ccc(O)cc3)[C@@H](F)C2)c1. The summed E-state index contributed by atoms with van der Waals surface area (Å²) in [4.78, 5) is 15.0. The largest absolute Gasteiger partial charge is 0.508 e. The second kappa shape index (κ2) is 8.40. The van der Waals surface area contributed by atoms with Gasteiger partial charge in [-0.25, -0.2) is 4.39 Å². The molecule has 4 rings (SSSR count). The van der Waals surface area contributed by atoms with Crippen molar-refractivity contribution in [1.29, 1.82) is 0 Å². The summed E-state index contributed by atoms with van der Waals surface area (Å²) in [6.07, 6.45) is -4.33. The number of carbonyl (C=O) groups is 1. The summed E-state index contributed by atoms with van der Waals surface area (Å²) in [7, 11) is 0. The van der Waals surface area contributed by atoms with E-state index >= 15 is 4.39 Å². The van der Waals surface area contributed by atoms with E-state index in [2.05, 4.69) is 0 Å². The Morgan fingerprint density at radius 1 is 1.06 bits per heavy atom. The Hall–Kier alpha value is -2.77. The van der Waals surface area contributed by atoms with Gasteiger partial charge < -0.3 is 14.9 Å². The van der Waals surface area contributed by atoms with E-state index < -0.39 is 23.8 Å². The second-order valence-corrected chi connectivity index (χ2v) is 8.22. The molecule has 2 aromatic rings. The van der Waals surface area contributed by atoms with Gasteiger partial charge >= 0.3 is 6.18 Å². The van der Waals surface area contributed by atoms with Crippen LogP contribution in [0.4, 0.5) is 23.2 Å². The topological polar surface area (TPSA) is 43.8 Å². The Labute approximate surface area is 178 Å². The first-order valence-electron chi connectivity index (χ1n) is 10.4. The number of benzene rings is 2. The van der Waals surface area contributed by atoms with Crippen LogP contribution in [0.1, 0.15) is 41.9 Å². The molecule has 2 aliphatic heterocycles. The van der Waals surface area contributed by atoms with Crippen LogP contribution in [-0.4, -0.2) is 41.7 Å². The molecule has 166 valence electrons. The molecule has 0 bridgehead atoms. The lowest BCUT2D eigenvalue weighted by molar-refractivity contribution is -0.137. The van der Waals surface area contributed by atoms with Crippen LogP contribution in [-0.2, 0) is 17.5 Å². The molecule has 2 saturated heterocycles. The Balaban J connectivity index is 1.57. The lowest BCUT2D eigenvalue weighted by Crippen LogP contribution is -2.41. The van der Waals surface area contributed by atoms with Gasteiger partial charge in [-0.3, -0.25) is 4.79 Å². The quantitative estimate of drug-likeness (QED) is 0.696. The van der Waals surface area contributed by atoms with Crippen LogP contribution in [0.15, 0.2) is 42.5 Å². The molecule has 1 amide bonds. The number of amides is 1. The number of carbonyl (C=O) groups excluding carboxylic acids is 1. The summed E-state index contributed by atoms with van der Waals surface area (Å²) in [5.74, 6) is -0.351. The van der Waals surface area contributed by atoms with Crippen molar-refractivity contribution in [3.05, 3.63) is 59.2 Å². The molecule has 2 aliphatic rings. The van der Waals surface area contributed by atoms with Crippen molar-refractivity contribution in [3.8, 4) is 5.75 Å². The van der Waals surface area contributed by atoms with Crippen LogP contribution in [0.25, 0.3) is 0 Å². The van der Waals surface area contributed by atoms with E-state index in [1.54, 1.807) is 17.0 Å². The van der Waals surface area contributed by atoms with Crippen LogP contribution in [0.3, 0.4) is 0 Å². The predicted octanol–water partition coefficient (Wildman–Crippen LogP) is 4.87. The molecule has 8 heteroatoms. The number of nitrogens with zero attached hydrogens (tertiary/aromatic N) is 2. The Bertz CT molecular complexity index is 946. The average Bonchev–Trinajstić information content (AvgIpc) is 3.12. The monoisotopic (exact) mass is 436 g/mol. The van der Waals surface area contributed by atoms with Crippen LogP contribution >= 0.6 is 0 Å². The maximum atomic E-state index is 15.0. The Morgan fingerprint density at radius 2 is 1.81 bits per heavy atom. The number of likely N-dealkylation sites (tertiary alicyclic amines) is 1. The lowest BCUT2D eigenvalue weighted by Gasteiger charge is -2.37. The zero-order chi connectivity index (χ0) is 22.2. The molecule has 2 heterocycles. The minimum absolute atomic E-state index is 0.0000164. The number of rotatable bonds is 4. The van der Waals surface area contributed by atoms with Crippen molar-refractivity contribution in [3.63, 3.8) is 0 Å². The number of alkyl halides is 4. The van der Waals surface area contributed by atoms with E-state index in [9.17, 15) is 23.1 Å². The molecule has 4 nitrogen and oxygen atoms in total. The van der Waals surface area contributed by atoms with Crippen molar-refractivity contribution < 1.29 is 27.5 Å². The zero-order valence-electron chi connectivity index (χ0n) is 16.9. The number of piperidine rings is 1. The lowest BCUT2D eigenvalue weighted by atomic mass is 9.87. The standard InChI is InChI=1S/C23H24F4N2O2/c24-20-14-28(11-9-18(20)16-4-6-17(30)7-5-16)21-12-15(3-8-19(21)23(25,26)27)13-29-10-1-2-22(29)31/h3-8,12,18,20,30H,1-2,9-11,13-14H2/t18-,20+/m1/s1. The molecular weight excluding hydrogens is 412 g/mol. The highest BCUT2D eigenvalue weighted by Crippen LogP contribution is 2.40. The highest BCUT2D eigenvalue weighted by molar-refractivity contribution is 5.78. The molecule has 2 atom stereocenters. The Kier molecular flexibility index (Phi) is 5.81. The van der Waals surface area contributed by atoms with Gasteiger partial charge in [-0.2, -0.15) is 13.2 Å². The molecular formula is C23H24F4N2O2. The average molecular weight is 436 g/mol. The fourth-order valence-corrected chi connectivity index (χ4v) is 4.49. The van der Waals surface area contributed by atoms with Gasteiger partial charge in [0.15, 0.2) is 0 Å². The zero-order valence-corrected chi connectivity index (χ0v) is 16.9. The van der Waals surface area contributed by atoms with Crippen molar-refractivity contribution in [2.75, 3.05) is 24.5 Å². The first kappa shape index (κ1) is 21.5. The van der Waals surface area contributed by atoms with Crippen LogP contribution in [0.5, 0.6) is 5.75 Å². The van der Waals surface area contributed by atoms with Gasteiger partial charge in [0.05, 0.1) is 5.56 Å². The van der Waals surface area contributed by atoms with Gasteiger partial charge in [-0.05, 0) is 48.2 Å². The van der Waals surface area contributed by atoms with Gasteiger partial charge in [-0.15, -0.1) is 0 Å². The maximum absolute atomic E-state index is 15.0. The molecule has 2 fully saturated rings. The highest BCUT2D eigenvalue weighted by atomic mass is 19.4. The van der Waals surface area contributed by atoms with Crippen molar-refractivity contribution >= 4 is 11.6 Å². The van der Waals surface area contributed by atoms with Gasteiger partial charge in [0, 0.05) is 44.2 Å². The van der Waals surface area contributed by atoms with Crippen molar-refractivity contribution in [1.82, 2.24) is 4.90 Å². The number of hydrogen-bond donors (Lipinski definition) is 1. The van der Waals surface area contributed by atoms with Gasteiger partial charge in [0.25, 0.3) is 0 Å². The molecule has 31 heavy (non-hydrogen) atoms. The smallest absolute Gasteiger partial charge is 0.418 e.